The van der Waals surface area contributed by atoms with Crippen LogP contribution in [0.4, 0.5) is 17.1 Å². The highest BCUT2D eigenvalue weighted by Gasteiger charge is 2.51. The molecule has 2 aromatic heterocycles. The van der Waals surface area contributed by atoms with Crippen LogP contribution in [0.2, 0.25) is 0 Å². The number of nitrogens with zero attached hydrogens (tertiary/aromatic N) is 5. The fraction of sp³-hybridized carbons (Fsp3) is 0.0606. The summed E-state index contributed by atoms with van der Waals surface area (Å²) < 4.78 is 4.73. The molecule has 1 spiro atoms. The summed E-state index contributed by atoms with van der Waals surface area (Å²) in [6, 6.07) is 88.0. The van der Waals surface area contributed by atoms with Crippen molar-refractivity contribution in [3.63, 3.8) is 0 Å². The molecule has 0 radical (unpaired) electrons. The van der Waals surface area contributed by atoms with Crippen molar-refractivity contribution in [2.75, 3.05) is 4.90 Å². The number of rotatable bonds is 5. The number of nitrogens with one attached hydrogen (secondary N) is 1. The molecule has 4 heterocycles. The quantitative estimate of drug-likeness (QED) is 0.187. The van der Waals surface area contributed by atoms with Gasteiger partial charge in [0.25, 0.3) is 0 Å². The molecular formula is C66H48N6. The summed E-state index contributed by atoms with van der Waals surface area (Å²) in [4.78, 5) is 13.6. The van der Waals surface area contributed by atoms with E-state index < -0.39 is 11.7 Å². The number of aromatic nitrogens is 2. The minimum atomic E-state index is -0.617. The van der Waals surface area contributed by atoms with Crippen molar-refractivity contribution in [3.05, 3.63) is 276 Å². The van der Waals surface area contributed by atoms with Crippen molar-refractivity contribution in [2.45, 2.75) is 25.6 Å². The first kappa shape index (κ1) is 41.7. The second kappa shape index (κ2) is 16.4. The topological polar surface area (TPSA) is 49.9 Å². The third kappa shape index (κ3) is 5.96. The number of para-hydroxylation sites is 6. The number of benzene rings is 10. The van der Waals surface area contributed by atoms with E-state index in [1.54, 1.807) is 0 Å². The molecule has 342 valence electrons. The lowest BCUT2D eigenvalue weighted by atomic mass is 9.64. The summed E-state index contributed by atoms with van der Waals surface area (Å²) in [5.41, 5.74) is 18.0. The molecule has 0 fully saturated rings. The van der Waals surface area contributed by atoms with Crippen LogP contribution in [0, 0.1) is 0 Å². The fourth-order valence-corrected chi connectivity index (χ4v) is 12.1. The maximum Gasteiger partial charge on any atom is 0.224 e. The van der Waals surface area contributed by atoms with E-state index in [0.717, 1.165) is 50.7 Å². The molecule has 0 saturated heterocycles. The van der Waals surface area contributed by atoms with Gasteiger partial charge in [-0.3, -0.25) is 4.57 Å². The predicted molar refractivity (Wildman–Crippen MR) is 299 cm³/mol. The minimum Gasteiger partial charge on any atom is -0.324 e. The Morgan fingerprint density at radius 3 is 1.58 bits per heavy atom. The van der Waals surface area contributed by atoms with E-state index in [2.05, 4.69) is 262 Å². The number of amidine groups is 2. The smallest absolute Gasteiger partial charge is 0.224 e. The van der Waals surface area contributed by atoms with Crippen molar-refractivity contribution < 1.29 is 0 Å². The monoisotopic (exact) mass is 924 g/mol. The molecule has 0 amide bonds. The molecular weight excluding hydrogens is 877 g/mol. The molecule has 10 aromatic carbocycles. The number of anilines is 3. The average molecular weight is 925 g/mol. The molecule has 6 nitrogen and oxygen atoms in total. The van der Waals surface area contributed by atoms with Crippen LogP contribution in [0.15, 0.2) is 253 Å². The molecule has 6 heteroatoms. The van der Waals surface area contributed by atoms with Gasteiger partial charge in [0.15, 0.2) is 0 Å². The van der Waals surface area contributed by atoms with Crippen molar-refractivity contribution in [3.8, 4) is 16.8 Å². The summed E-state index contributed by atoms with van der Waals surface area (Å²) in [6.45, 7) is 4.00. The molecule has 1 N–H and O–H groups in total. The largest absolute Gasteiger partial charge is 0.324 e. The summed E-state index contributed by atoms with van der Waals surface area (Å²) in [5, 5.41) is 8.54. The Morgan fingerprint density at radius 2 is 0.889 bits per heavy atom. The van der Waals surface area contributed by atoms with Crippen LogP contribution in [0.5, 0.6) is 0 Å². The Bertz CT molecular complexity index is 4120. The van der Waals surface area contributed by atoms with Gasteiger partial charge < -0.3 is 14.8 Å². The molecule has 12 aromatic rings. The van der Waals surface area contributed by atoms with E-state index in [1.165, 1.54) is 71.8 Å². The van der Waals surface area contributed by atoms with E-state index >= 15 is 0 Å². The second-order valence-electron chi connectivity index (χ2n) is 18.5. The first-order valence-electron chi connectivity index (χ1n) is 25.0. The van der Waals surface area contributed by atoms with E-state index in [0.29, 0.717) is 0 Å². The van der Waals surface area contributed by atoms with Crippen molar-refractivity contribution >= 4 is 72.3 Å². The van der Waals surface area contributed by atoms with E-state index in [4.69, 9.17) is 9.98 Å². The molecule has 15 rings (SSSR count). The molecule has 1 aliphatic carbocycles. The zero-order valence-electron chi connectivity index (χ0n) is 39.9. The highest BCUT2D eigenvalue weighted by atomic mass is 15.3. The maximum absolute atomic E-state index is 5.64. The zero-order chi connectivity index (χ0) is 47.9. The first-order chi connectivity index (χ1) is 35.7. The van der Waals surface area contributed by atoms with Gasteiger partial charge in [-0.1, -0.05) is 190 Å². The molecule has 1 atom stereocenters. The Hall–Kier alpha value is -9.26. The van der Waals surface area contributed by atoms with Crippen LogP contribution in [0.25, 0.3) is 60.4 Å². The highest BCUT2D eigenvalue weighted by molar-refractivity contribution is 6.20. The van der Waals surface area contributed by atoms with Crippen LogP contribution >= 0.6 is 0 Å². The summed E-state index contributed by atoms with van der Waals surface area (Å²) in [6.07, 6.45) is -0.617. The number of hydrogen-bond donors (Lipinski definition) is 1. The summed E-state index contributed by atoms with van der Waals surface area (Å²) >= 11 is 0. The van der Waals surface area contributed by atoms with Crippen LogP contribution in [-0.2, 0) is 5.41 Å². The van der Waals surface area contributed by atoms with Gasteiger partial charge in [-0.25, -0.2) is 9.98 Å². The van der Waals surface area contributed by atoms with Gasteiger partial charge in [-0.15, -0.1) is 0 Å². The molecule has 3 aliphatic rings. The van der Waals surface area contributed by atoms with Gasteiger partial charge in [-0.05, 0) is 100 Å². The normalized spacial score (nSPS) is 15.0. The van der Waals surface area contributed by atoms with E-state index in [1.807, 2.05) is 13.8 Å². The molecule has 72 heavy (non-hydrogen) atoms. The summed E-state index contributed by atoms with van der Waals surface area (Å²) in [5.74, 6) is 1.54. The lowest BCUT2D eigenvalue weighted by Gasteiger charge is -2.45. The standard InChI is InChI=1S/C64H42N6.C2H6/c1-4-20-41(21-5-1)61-65-62(67-63(66-61)70-56-33-17-12-28-47(56)50-39-49-46-27-11-16-32-55(46)68(59(49)40-60(50)70)43-22-6-2-7-23-43)42-36-37-52-48(38-42)45-26-10-13-29-51(45)64(52)53-30-14-18-34-57(53)69(44-24-8-3-9-25-44)58-35-19-15-31-54(58)64;1-2/h1-40,63H,(H,65,66,67);1-2H3. The Morgan fingerprint density at radius 1 is 0.375 bits per heavy atom. The summed E-state index contributed by atoms with van der Waals surface area (Å²) in [7, 11) is 0. The van der Waals surface area contributed by atoms with Crippen molar-refractivity contribution in [1.29, 1.82) is 0 Å². The molecule has 0 bridgehead atoms. The molecule has 2 aliphatic heterocycles. The van der Waals surface area contributed by atoms with Crippen LogP contribution in [0.3, 0.4) is 0 Å². The van der Waals surface area contributed by atoms with Gasteiger partial charge in [0.1, 0.15) is 11.7 Å². The fourth-order valence-electron chi connectivity index (χ4n) is 12.1. The Balaban J connectivity index is 0.00000238. The van der Waals surface area contributed by atoms with Crippen LogP contribution < -0.4 is 10.2 Å². The first-order valence-corrected chi connectivity index (χ1v) is 25.0. The van der Waals surface area contributed by atoms with Gasteiger partial charge in [-0.2, -0.15) is 0 Å². The van der Waals surface area contributed by atoms with Gasteiger partial charge in [0, 0.05) is 44.0 Å². The SMILES string of the molecule is CC.c1ccc(C2=NC(n3c4ccccc4c4cc5c6ccccc6n(-c6ccccc6)c5cc43)N=C(c3ccc4c(c3)-c3ccccc3C43c4ccccc4N(c4ccccc4)c4ccccc43)N2)cc1. The third-order valence-electron chi connectivity index (χ3n) is 15.0. The number of hydrogen-bond acceptors (Lipinski definition) is 4. The Labute approximate surface area is 418 Å². The van der Waals surface area contributed by atoms with Gasteiger partial charge in [0.05, 0.1) is 38.9 Å². The van der Waals surface area contributed by atoms with Crippen molar-refractivity contribution in [2.24, 2.45) is 9.98 Å². The number of fused-ring (bicyclic) bond motifs is 15. The zero-order valence-corrected chi connectivity index (χ0v) is 39.9. The van der Waals surface area contributed by atoms with Gasteiger partial charge in [0.2, 0.25) is 6.29 Å². The van der Waals surface area contributed by atoms with Crippen LogP contribution in [0.1, 0.15) is 53.5 Å². The molecule has 1 unspecified atom stereocenters. The van der Waals surface area contributed by atoms with Gasteiger partial charge >= 0.3 is 0 Å². The van der Waals surface area contributed by atoms with Crippen molar-refractivity contribution in [1.82, 2.24) is 14.5 Å². The van der Waals surface area contributed by atoms with E-state index in [9.17, 15) is 0 Å². The third-order valence-corrected chi connectivity index (χ3v) is 15.0. The lowest BCUT2D eigenvalue weighted by Crippen LogP contribution is -2.37. The second-order valence-corrected chi connectivity index (χ2v) is 18.5. The lowest BCUT2D eigenvalue weighted by molar-refractivity contribution is 0.575. The average Bonchev–Trinajstić information content (AvgIpc) is 4.07. The minimum absolute atomic E-state index is 0.555. The van der Waals surface area contributed by atoms with E-state index in [-0.39, 0.29) is 0 Å². The number of aliphatic imine (C=N–C) groups is 2. The Kier molecular flexibility index (Phi) is 9.51. The van der Waals surface area contributed by atoms with Crippen LogP contribution in [-0.4, -0.2) is 20.8 Å². The predicted octanol–water partition coefficient (Wildman–Crippen LogP) is 16.0. The molecule has 0 saturated carbocycles. The highest BCUT2D eigenvalue weighted by Crippen LogP contribution is 2.63. The maximum atomic E-state index is 5.64.